The van der Waals surface area contributed by atoms with Gasteiger partial charge in [0.2, 0.25) is 5.91 Å². The van der Waals surface area contributed by atoms with Gasteiger partial charge < -0.3 is 9.80 Å². The molecule has 2 heterocycles. The van der Waals surface area contributed by atoms with Gasteiger partial charge >= 0.3 is 0 Å². The Labute approximate surface area is 187 Å². The Kier molecular flexibility index (Phi) is 5.97. The molecule has 4 rings (SSSR count). The van der Waals surface area contributed by atoms with Crippen molar-refractivity contribution < 1.29 is 13.6 Å². The highest BCUT2D eigenvalue weighted by molar-refractivity contribution is 8.01. The van der Waals surface area contributed by atoms with Crippen LogP contribution in [0.3, 0.4) is 0 Å². The number of fused-ring (bicyclic) bond motifs is 1. The molecule has 1 saturated heterocycles. The first-order valence-electron chi connectivity index (χ1n) is 10.6. The fourth-order valence-electron chi connectivity index (χ4n) is 4.68. The minimum Gasteiger partial charge on any atom is -0.341 e. The van der Waals surface area contributed by atoms with Crippen LogP contribution < -0.4 is 0 Å². The second-order valence-corrected chi connectivity index (χ2v) is 10.2. The second kappa shape index (κ2) is 8.40. The number of aryl methyl sites for hydroxylation is 1. The molecular weight excluding hydrogens is 414 g/mol. The molecule has 2 aromatic carbocycles. The van der Waals surface area contributed by atoms with Crippen molar-refractivity contribution in [2.45, 2.75) is 36.3 Å². The van der Waals surface area contributed by atoms with Crippen LogP contribution in [0.5, 0.6) is 0 Å². The van der Waals surface area contributed by atoms with Crippen LogP contribution in [-0.2, 0) is 9.54 Å². The van der Waals surface area contributed by atoms with Gasteiger partial charge in [-0.15, -0.1) is 11.8 Å². The number of likely N-dealkylation sites (N-methyl/N-ethyl adjacent to an activating group) is 1. The predicted molar refractivity (Wildman–Crippen MR) is 122 cm³/mol. The number of nitrogens with zero attached hydrogens (tertiary/aromatic N) is 2. The third-order valence-electron chi connectivity index (χ3n) is 6.26. The number of carbonyl (C=O) groups is 1. The van der Waals surface area contributed by atoms with E-state index in [1.807, 2.05) is 43.0 Å². The van der Waals surface area contributed by atoms with Gasteiger partial charge in [-0.25, -0.2) is 8.78 Å². The van der Waals surface area contributed by atoms with E-state index in [9.17, 15) is 9.18 Å². The largest absolute Gasteiger partial charge is 0.341 e. The van der Waals surface area contributed by atoms with Crippen molar-refractivity contribution in [1.29, 1.82) is 0 Å². The number of likely N-dealkylation sites (tertiary alicyclic amines) is 1. The number of hydrogen-bond donors (Lipinski definition) is 0. The van der Waals surface area contributed by atoms with E-state index in [1.165, 1.54) is 23.4 Å². The molecule has 3 nitrogen and oxygen atoms in total. The summed E-state index contributed by atoms with van der Waals surface area (Å²) < 4.78 is 29.3. The summed E-state index contributed by atoms with van der Waals surface area (Å²) in [5.74, 6) is -0.382. The molecule has 0 saturated carbocycles. The van der Waals surface area contributed by atoms with Crippen molar-refractivity contribution in [3.05, 3.63) is 70.3 Å². The average Bonchev–Trinajstić information content (AvgIpc) is 3.04. The fraction of sp³-hybridized carbons (Fsp3) is 0.400. The van der Waals surface area contributed by atoms with Crippen LogP contribution in [0, 0.1) is 18.6 Å². The van der Waals surface area contributed by atoms with Gasteiger partial charge in [0.25, 0.3) is 0 Å². The van der Waals surface area contributed by atoms with E-state index in [2.05, 4.69) is 0 Å². The summed E-state index contributed by atoms with van der Waals surface area (Å²) in [5.41, 5.74) is 4.23. The average molecular weight is 443 g/mol. The summed E-state index contributed by atoms with van der Waals surface area (Å²) in [6.45, 7) is 5.41. The topological polar surface area (TPSA) is 23.6 Å². The minimum absolute atomic E-state index is 0.119. The first-order valence-corrected chi connectivity index (χ1v) is 11.4. The van der Waals surface area contributed by atoms with Gasteiger partial charge in [-0.1, -0.05) is 35.9 Å². The van der Waals surface area contributed by atoms with Crippen LogP contribution >= 0.6 is 11.8 Å². The van der Waals surface area contributed by atoms with Crippen molar-refractivity contribution >= 4 is 23.2 Å². The monoisotopic (exact) mass is 442 g/mol. The Bertz CT molecular complexity index is 1060. The zero-order valence-electron chi connectivity index (χ0n) is 18.5. The van der Waals surface area contributed by atoms with E-state index >= 15 is 4.39 Å². The van der Waals surface area contributed by atoms with Gasteiger partial charge in [0, 0.05) is 18.7 Å². The predicted octanol–water partition coefficient (Wildman–Crippen LogP) is 5.23. The SMILES string of the molecule is Cc1ccc2c(c1F)SC(C)(c1ccccc1F)C2=C1CCN(C(=O)CN(C)C)CC1. The molecule has 1 fully saturated rings. The van der Waals surface area contributed by atoms with E-state index < -0.39 is 4.75 Å². The maximum atomic E-state index is 15.1. The molecule has 2 aromatic rings. The molecule has 2 aliphatic heterocycles. The Morgan fingerprint density at radius 2 is 1.81 bits per heavy atom. The molecule has 31 heavy (non-hydrogen) atoms. The number of benzene rings is 2. The maximum absolute atomic E-state index is 15.1. The molecule has 0 aliphatic carbocycles. The molecule has 0 aromatic heterocycles. The highest BCUT2D eigenvalue weighted by Gasteiger charge is 2.45. The first kappa shape index (κ1) is 22.0. The number of piperidine rings is 1. The third-order valence-corrected chi connectivity index (χ3v) is 7.69. The van der Waals surface area contributed by atoms with Crippen LogP contribution in [0.1, 0.15) is 36.5 Å². The quantitative estimate of drug-likeness (QED) is 0.650. The lowest BCUT2D eigenvalue weighted by atomic mass is 9.81. The van der Waals surface area contributed by atoms with Crippen LogP contribution in [0.4, 0.5) is 8.78 Å². The van der Waals surface area contributed by atoms with Crippen LogP contribution in [0.2, 0.25) is 0 Å². The number of thioether (sulfide) groups is 1. The molecule has 6 heteroatoms. The van der Waals surface area contributed by atoms with Gasteiger partial charge in [-0.3, -0.25) is 4.79 Å². The van der Waals surface area contributed by atoms with Crippen molar-refractivity contribution in [3.8, 4) is 0 Å². The van der Waals surface area contributed by atoms with Crippen LogP contribution in [-0.4, -0.2) is 49.4 Å². The Balaban J connectivity index is 1.78. The maximum Gasteiger partial charge on any atom is 0.236 e. The van der Waals surface area contributed by atoms with Gasteiger partial charge in [0.05, 0.1) is 16.2 Å². The second-order valence-electron chi connectivity index (χ2n) is 8.79. The van der Waals surface area contributed by atoms with E-state index in [1.54, 1.807) is 25.1 Å². The molecule has 164 valence electrons. The number of rotatable bonds is 3. The summed E-state index contributed by atoms with van der Waals surface area (Å²) in [6, 6.07) is 10.6. The smallest absolute Gasteiger partial charge is 0.236 e. The standard InChI is InChI=1S/C25H28F2N2OS/c1-16-9-10-18-22(17-11-13-29(14-12-17)21(30)15-28(3)4)25(2,31-24(18)23(16)27)19-7-5-6-8-20(19)26/h5-10H,11-15H2,1-4H3. The molecule has 1 unspecified atom stereocenters. The molecule has 0 bridgehead atoms. The molecule has 1 atom stereocenters. The first-order chi connectivity index (χ1) is 14.7. The number of halogens is 2. The Morgan fingerprint density at radius 3 is 2.45 bits per heavy atom. The zero-order valence-corrected chi connectivity index (χ0v) is 19.3. The summed E-state index contributed by atoms with van der Waals surface area (Å²) in [6.07, 6.45) is 1.43. The number of hydrogen-bond acceptors (Lipinski definition) is 3. The molecule has 0 spiro atoms. The van der Waals surface area contributed by atoms with Crippen LogP contribution in [0.25, 0.3) is 5.57 Å². The van der Waals surface area contributed by atoms with E-state index in [0.29, 0.717) is 48.5 Å². The van der Waals surface area contributed by atoms with Crippen molar-refractivity contribution in [2.75, 3.05) is 33.7 Å². The van der Waals surface area contributed by atoms with E-state index in [-0.39, 0.29) is 17.5 Å². The van der Waals surface area contributed by atoms with Gasteiger partial charge in [-0.05, 0) is 63.6 Å². The lowest BCUT2D eigenvalue weighted by Crippen LogP contribution is -2.41. The van der Waals surface area contributed by atoms with Crippen molar-refractivity contribution in [1.82, 2.24) is 9.80 Å². The molecule has 2 aliphatic rings. The van der Waals surface area contributed by atoms with Crippen molar-refractivity contribution in [3.63, 3.8) is 0 Å². The lowest BCUT2D eigenvalue weighted by Gasteiger charge is -2.34. The van der Waals surface area contributed by atoms with Gasteiger partial charge in [0.15, 0.2) is 0 Å². The summed E-state index contributed by atoms with van der Waals surface area (Å²) >= 11 is 1.40. The Hall–Kier alpha value is -2.18. The summed E-state index contributed by atoms with van der Waals surface area (Å²) in [7, 11) is 3.77. The van der Waals surface area contributed by atoms with Gasteiger partial charge in [0.1, 0.15) is 11.6 Å². The van der Waals surface area contributed by atoms with E-state index in [4.69, 9.17) is 0 Å². The third kappa shape index (κ3) is 3.92. The highest BCUT2D eigenvalue weighted by atomic mass is 32.2. The Morgan fingerprint density at radius 1 is 1.13 bits per heavy atom. The minimum atomic E-state index is -0.715. The normalized spacial score (nSPS) is 21.1. The molecular formula is C25H28F2N2OS. The van der Waals surface area contributed by atoms with Crippen LogP contribution in [0.15, 0.2) is 46.9 Å². The highest BCUT2D eigenvalue weighted by Crippen LogP contribution is 2.61. The van der Waals surface area contributed by atoms with Crippen molar-refractivity contribution in [2.24, 2.45) is 0 Å². The number of amides is 1. The van der Waals surface area contributed by atoms with E-state index in [0.717, 1.165) is 11.1 Å². The molecule has 1 amide bonds. The van der Waals surface area contributed by atoms with Gasteiger partial charge in [-0.2, -0.15) is 0 Å². The fourth-order valence-corrected chi connectivity index (χ4v) is 6.25. The molecule has 0 radical (unpaired) electrons. The molecule has 0 N–H and O–H groups in total. The summed E-state index contributed by atoms with van der Waals surface area (Å²) in [5, 5.41) is 0. The summed E-state index contributed by atoms with van der Waals surface area (Å²) in [4.78, 5) is 16.8. The lowest BCUT2D eigenvalue weighted by molar-refractivity contribution is -0.132. The number of carbonyl (C=O) groups excluding carboxylic acids is 1. The zero-order chi connectivity index (χ0) is 22.3.